The highest BCUT2D eigenvalue weighted by molar-refractivity contribution is 8.00. The van der Waals surface area contributed by atoms with Crippen molar-refractivity contribution in [2.24, 2.45) is 7.05 Å². The summed E-state index contributed by atoms with van der Waals surface area (Å²) in [6.07, 6.45) is 1.57. The fourth-order valence-corrected chi connectivity index (χ4v) is 4.68. The van der Waals surface area contributed by atoms with Gasteiger partial charge in [0.2, 0.25) is 15.9 Å². The largest absolute Gasteiger partial charge is 0.379 e. The first-order chi connectivity index (χ1) is 12.9. The Hall–Kier alpha value is -1.95. The van der Waals surface area contributed by atoms with Gasteiger partial charge in [0.15, 0.2) is 5.16 Å². The third-order valence-electron chi connectivity index (χ3n) is 4.05. The van der Waals surface area contributed by atoms with E-state index in [9.17, 15) is 13.2 Å². The molecular formula is C16H21N5O4S2. The molecule has 146 valence electrons. The van der Waals surface area contributed by atoms with Gasteiger partial charge in [0.25, 0.3) is 0 Å². The van der Waals surface area contributed by atoms with Crippen LogP contribution in [0.1, 0.15) is 6.92 Å². The Morgan fingerprint density at radius 2 is 1.93 bits per heavy atom. The molecule has 3 rings (SSSR count). The van der Waals surface area contributed by atoms with Crippen LogP contribution in [0.25, 0.3) is 0 Å². The Kier molecular flexibility index (Phi) is 6.15. The number of nitrogens with zero attached hydrogens (tertiary/aromatic N) is 4. The van der Waals surface area contributed by atoms with Crippen LogP contribution >= 0.6 is 11.8 Å². The summed E-state index contributed by atoms with van der Waals surface area (Å²) in [5.41, 5.74) is 0.534. The molecule has 1 aliphatic rings. The van der Waals surface area contributed by atoms with Gasteiger partial charge in [0, 0.05) is 25.8 Å². The van der Waals surface area contributed by atoms with Crippen molar-refractivity contribution in [1.82, 2.24) is 19.1 Å². The van der Waals surface area contributed by atoms with E-state index in [1.165, 1.54) is 28.2 Å². The molecule has 1 fully saturated rings. The van der Waals surface area contributed by atoms with Gasteiger partial charge in [-0.05, 0) is 31.2 Å². The van der Waals surface area contributed by atoms with Crippen LogP contribution in [0.2, 0.25) is 0 Å². The number of nitrogens with one attached hydrogen (secondary N) is 1. The van der Waals surface area contributed by atoms with Gasteiger partial charge in [0.1, 0.15) is 6.33 Å². The van der Waals surface area contributed by atoms with Gasteiger partial charge in [-0.2, -0.15) is 4.31 Å². The lowest BCUT2D eigenvalue weighted by Gasteiger charge is -2.26. The highest BCUT2D eigenvalue weighted by Crippen LogP contribution is 2.23. The van der Waals surface area contributed by atoms with Gasteiger partial charge in [-0.25, -0.2) is 8.42 Å². The van der Waals surface area contributed by atoms with E-state index in [2.05, 4.69) is 15.5 Å². The van der Waals surface area contributed by atoms with Crippen molar-refractivity contribution in [3.63, 3.8) is 0 Å². The molecule has 1 saturated heterocycles. The molecule has 1 aromatic heterocycles. The topological polar surface area (TPSA) is 106 Å². The molecule has 11 heteroatoms. The first-order valence-corrected chi connectivity index (χ1v) is 10.7. The van der Waals surface area contributed by atoms with E-state index in [4.69, 9.17) is 4.74 Å². The molecule has 0 unspecified atom stereocenters. The van der Waals surface area contributed by atoms with Crippen molar-refractivity contribution in [3.05, 3.63) is 30.6 Å². The van der Waals surface area contributed by atoms with Crippen LogP contribution < -0.4 is 5.32 Å². The van der Waals surface area contributed by atoms with E-state index in [0.29, 0.717) is 37.1 Å². The Morgan fingerprint density at radius 3 is 2.52 bits per heavy atom. The molecule has 1 amide bonds. The Balaban J connectivity index is 1.63. The molecule has 27 heavy (non-hydrogen) atoms. The zero-order valence-corrected chi connectivity index (χ0v) is 16.7. The number of amides is 1. The number of benzene rings is 1. The zero-order chi connectivity index (χ0) is 19.4. The maximum absolute atomic E-state index is 12.6. The quantitative estimate of drug-likeness (QED) is 0.706. The number of rotatable bonds is 6. The molecule has 9 nitrogen and oxygen atoms in total. The summed E-state index contributed by atoms with van der Waals surface area (Å²) < 4.78 is 33.5. The molecule has 0 saturated carbocycles. The second-order valence-electron chi connectivity index (χ2n) is 6.01. The first-order valence-electron chi connectivity index (χ1n) is 8.37. The van der Waals surface area contributed by atoms with Gasteiger partial charge in [-0.1, -0.05) is 11.8 Å². The van der Waals surface area contributed by atoms with Crippen LogP contribution in [-0.4, -0.2) is 64.9 Å². The van der Waals surface area contributed by atoms with Crippen molar-refractivity contribution >= 4 is 33.4 Å². The van der Waals surface area contributed by atoms with Gasteiger partial charge in [-0.3, -0.25) is 4.79 Å². The van der Waals surface area contributed by atoms with Crippen molar-refractivity contribution in [3.8, 4) is 0 Å². The minimum Gasteiger partial charge on any atom is -0.379 e. The predicted octanol–water partition coefficient (Wildman–Crippen LogP) is 0.955. The monoisotopic (exact) mass is 411 g/mol. The molecule has 1 atom stereocenters. The maximum atomic E-state index is 12.6. The second-order valence-corrected chi connectivity index (χ2v) is 9.26. The molecule has 1 N–H and O–H groups in total. The summed E-state index contributed by atoms with van der Waals surface area (Å²) in [5, 5.41) is 10.8. The van der Waals surface area contributed by atoms with Crippen LogP contribution in [0, 0.1) is 0 Å². The summed E-state index contributed by atoms with van der Waals surface area (Å²) in [4.78, 5) is 12.5. The van der Waals surface area contributed by atoms with Crippen LogP contribution in [0.4, 0.5) is 5.69 Å². The number of sulfonamides is 1. The summed E-state index contributed by atoms with van der Waals surface area (Å²) >= 11 is 1.29. The lowest BCUT2D eigenvalue weighted by molar-refractivity contribution is -0.115. The van der Waals surface area contributed by atoms with E-state index >= 15 is 0 Å². The minimum absolute atomic E-state index is 0.198. The van der Waals surface area contributed by atoms with Crippen LogP contribution in [0.3, 0.4) is 0 Å². The molecule has 1 aliphatic heterocycles. The molecule has 0 spiro atoms. The number of thioether (sulfide) groups is 1. The first kappa shape index (κ1) is 19.8. The Labute approximate surface area is 162 Å². The maximum Gasteiger partial charge on any atom is 0.243 e. The lowest BCUT2D eigenvalue weighted by Crippen LogP contribution is -2.40. The van der Waals surface area contributed by atoms with E-state index in [1.54, 1.807) is 37.0 Å². The molecule has 1 aromatic carbocycles. The number of hydrogen-bond donors (Lipinski definition) is 1. The molecule has 2 aromatic rings. The minimum atomic E-state index is -3.54. The number of aryl methyl sites for hydroxylation is 1. The van der Waals surface area contributed by atoms with Crippen molar-refractivity contribution in [2.45, 2.75) is 22.2 Å². The molecular weight excluding hydrogens is 390 g/mol. The lowest BCUT2D eigenvalue weighted by atomic mass is 10.3. The number of morpholine rings is 1. The standard InChI is InChI=1S/C16H21N5O4S2/c1-12(26-16-19-17-11-20(16)2)15(22)18-13-3-5-14(6-4-13)27(23,24)21-7-9-25-10-8-21/h3-6,11-12H,7-10H2,1-2H3,(H,18,22)/t12-/m1/s1. The number of carbonyl (C=O) groups is 1. The van der Waals surface area contributed by atoms with Gasteiger partial charge >= 0.3 is 0 Å². The Bertz CT molecular complexity index is 892. The number of anilines is 1. The third kappa shape index (κ3) is 4.67. The van der Waals surface area contributed by atoms with Crippen LogP contribution in [0.15, 0.2) is 40.6 Å². The van der Waals surface area contributed by atoms with E-state index in [0.717, 1.165) is 0 Å². The summed E-state index contributed by atoms with van der Waals surface area (Å²) in [6, 6.07) is 6.18. The normalized spacial score (nSPS) is 16.8. The number of hydrogen-bond acceptors (Lipinski definition) is 7. The highest BCUT2D eigenvalue weighted by Gasteiger charge is 2.26. The van der Waals surface area contributed by atoms with E-state index < -0.39 is 10.0 Å². The summed E-state index contributed by atoms with van der Waals surface area (Å²) in [7, 11) is -1.74. The smallest absolute Gasteiger partial charge is 0.243 e. The van der Waals surface area contributed by atoms with Gasteiger partial charge < -0.3 is 14.6 Å². The molecule has 0 bridgehead atoms. The van der Waals surface area contributed by atoms with Crippen molar-refractivity contribution < 1.29 is 17.9 Å². The number of aromatic nitrogens is 3. The Morgan fingerprint density at radius 1 is 1.26 bits per heavy atom. The third-order valence-corrected chi connectivity index (χ3v) is 7.11. The number of ether oxygens (including phenoxy) is 1. The average molecular weight is 412 g/mol. The van der Waals surface area contributed by atoms with Crippen LogP contribution in [0.5, 0.6) is 0 Å². The fourth-order valence-electron chi connectivity index (χ4n) is 2.48. The van der Waals surface area contributed by atoms with E-state index in [-0.39, 0.29) is 16.1 Å². The summed E-state index contributed by atoms with van der Waals surface area (Å²) in [5.74, 6) is -0.202. The molecule has 0 radical (unpaired) electrons. The van der Waals surface area contributed by atoms with Crippen molar-refractivity contribution in [1.29, 1.82) is 0 Å². The number of carbonyl (C=O) groups excluding carboxylic acids is 1. The van der Waals surface area contributed by atoms with E-state index in [1.807, 2.05) is 0 Å². The summed E-state index contributed by atoms with van der Waals surface area (Å²) in [6.45, 7) is 3.25. The predicted molar refractivity (Wildman–Crippen MR) is 101 cm³/mol. The molecule has 0 aliphatic carbocycles. The van der Waals surface area contributed by atoms with Gasteiger partial charge in [0.05, 0.1) is 23.4 Å². The fraction of sp³-hybridized carbons (Fsp3) is 0.438. The average Bonchev–Trinajstić information content (AvgIpc) is 3.07. The van der Waals surface area contributed by atoms with Gasteiger partial charge in [-0.15, -0.1) is 10.2 Å². The van der Waals surface area contributed by atoms with Crippen molar-refractivity contribution in [2.75, 3.05) is 31.6 Å². The van der Waals surface area contributed by atoms with Crippen LogP contribution in [-0.2, 0) is 26.6 Å². The second kappa shape index (κ2) is 8.38. The highest BCUT2D eigenvalue weighted by atomic mass is 32.2. The zero-order valence-electron chi connectivity index (χ0n) is 15.0. The SMILES string of the molecule is C[C@@H](Sc1nncn1C)C(=O)Nc1ccc(S(=O)(=O)N2CCOCC2)cc1. The molecule has 2 heterocycles.